The predicted octanol–water partition coefficient (Wildman–Crippen LogP) is 5.45. The molecule has 0 spiro atoms. The van der Waals surface area contributed by atoms with Gasteiger partial charge in [0.1, 0.15) is 22.2 Å². The Balaban J connectivity index is 1.19. The average molecular weight is 546 g/mol. The number of nitrogens with one attached hydrogen (secondary N) is 2. The number of anilines is 2. The maximum Gasteiger partial charge on any atom is 0.218 e. The molecule has 39 heavy (non-hydrogen) atoms. The lowest BCUT2D eigenvalue weighted by atomic mass is 9.91. The normalized spacial score (nSPS) is 23.7. The van der Waals surface area contributed by atoms with Crippen LogP contribution in [0.3, 0.4) is 0 Å². The number of aromatic amines is 1. The third-order valence-corrected chi connectivity index (χ3v) is 9.77. The van der Waals surface area contributed by atoms with Crippen molar-refractivity contribution in [3.05, 3.63) is 46.8 Å². The Kier molecular flexibility index (Phi) is 6.66. The molecule has 1 aromatic carbocycles. The molecule has 1 saturated carbocycles. The summed E-state index contributed by atoms with van der Waals surface area (Å²) in [5.74, 6) is 2.43. The summed E-state index contributed by atoms with van der Waals surface area (Å²) < 4.78 is 12.4. The van der Waals surface area contributed by atoms with Gasteiger partial charge in [-0.15, -0.1) is 11.3 Å². The van der Waals surface area contributed by atoms with Crippen molar-refractivity contribution in [2.75, 3.05) is 31.6 Å². The van der Waals surface area contributed by atoms with E-state index in [1.807, 2.05) is 12.1 Å². The van der Waals surface area contributed by atoms with Crippen LogP contribution in [-0.4, -0.2) is 59.2 Å². The van der Waals surface area contributed by atoms with E-state index in [-0.39, 0.29) is 17.9 Å². The number of hydrogen-bond acceptors (Lipinski definition) is 7. The number of carbonyl (C=O) groups excluding carboxylic acids is 1. The fraction of sp³-hybridized carbons (Fsp3) is 0.467. The molecule has 0 bridgehead atoms. The van der Waals surface area contributed by atoms with Crippen LogP contribution in [0.5, 0.6) is 5.75 Å². The van der Waals surface area contributed by atoms with Crippen LogP contribution in [0, 0.1) is 0 Å². The van der Waals surface area contributed by atoms with Gasteiger partial charge < -0.3 is 25.5 Å². The van der Waals surface area contributed by atoms with E-state index in [0.29, 0.717) is 12.5 Å². The first kappa shape index (κ1) is 24.9. The zero-order chi connectivity index (χ0) is 26.3. The first-order valence-corrected chi connectivity index (χ1v) is 15.0. The SMILES string of the molecule is NC(=O)C[C@H]1CCc2sc3nc(Nc4cc5ccccc5[nH]4)cc(O[C@H]4CC[C@H](N5CCOCC5)CC4)c3c21. The van der Waals surface area contributed by atoms with E-state index in [2.05, 4.69) is 39.5 Å². The summed E-state index contributed by atoms with van der Waals surface area (Å²) in [6.45, 7) is 3.75. The number of fused-ring (bicyclic) bond motifs is 4. The van der Waals surface area contributed by atoms with Crippen molar-refractivity contribution in [3.63, 3.8) is 0 Å². The minimum atomic E-state index is -0.249. The van der Waals surface area contributed by atoms with Gasteiger partial charge >= 0.3 is 0 Å². The van der Waals surface area contributed by atoms with E-state index in [9.17, 15) is 4.79 Å². The van der Waals surface area contributed by atoms with Crippen molar-refractivity contribution in [1.82, 2.24) is 14.9 Å². The molecule has 3 aromatic heterocycles. The number of thiophene rings is 1. The van der Waals surface area contributed by atoms with E-state index in [4.69, 9.17) is 20.2 Å². The molecular formula is C30H35N5O3S. The van der Waals surface area contributed by atoms with Crippen molar-refractivity contribution in [1.29, 1.82) is 0 Å². The van der Waals surface area contributed by atoms with E-state index < -0.39 is 0 Å². The quantitative estimate of drug-likeness (QED) is 0.285. The van der Waals surface area contributed by atoms with E-state index in [1.165, 1.54) is 10.4 Å². The van der Waals surface area contributed by atoms with Gasteiger partial charge in [-0.1, -0.05) is 18.2 Å². The number of aryl methyl sites for hydroxylation is 1. The summed E-state index contributed by atoms with van der Waals surface area (Å²) in [7, 11) is 0. The largest absolute Gasteiger partial charge is 0.490 e. The molecule has 7 rings (SSSR count). The van der Waals surface area contributed by atoms with Crippen LogP contribution in [0.25, 0.3) is 21.1 Å². The Bertz CT molecular complexity index is 1470. The van der Waals surface area contributed by atoms with Gasteiger partial charge in [-0.05, 0) is 62.1 Å². The first-order valence-electron chi connectivity index (χ1n) is 14.2. The number of amides is 1. The highest BCUT2D eigenvalue weighted by Crippen LogP contribution is 2.49. The third kappa shape index (κ3) is 4.99. The van der Waals surface area contributed by atoms with E-state index >= 15 is 0 Å². The fourth-order valence-corrected chi connectivity index (χ4v) is 8.02. The van der Waals surface area contributed by atoms with E-state index in [1.54, 1.807) is 11.3 Å². The number of ether oxygens (including phenoxy) is 2. The smallest absolute Gasteiger partial charge is 0.218 e. The average Bonchev–Trinajstić information content (AvgIpc) is 3.63. The molecule has 4 N–H and O–H groups in total. The van der Waals surface area contributed by atoms with Crippen LogP contribution in [0.15, 0.2) is 36.4 Å². The predicted molar refractivity (Wildman–Crippen MR) is 155 cm³/mol. The van der Waals surface area contributed by atoms with Crippen molar-refractivity contribution < 1.29 is 14.3 Å². The molecule has 1 saturated heterocycles. The maximum absolute atomic E-state index is 11.9. The molecule has 1 atom stereocenters. The topological polar surface area (TPSA) is 106 Å². The summed E-state index contributed by atoms with van der Waals surface area (Å²) in [4.78, 5) is 25.2. The van der Waals surface area contributed by atoms with Crippen molar-refractivity contribution >= 4 is 50.0 Å². The van der Waals surface area contributed by atoms with Gasteiger partial charge in [0.2, 0.25) is 5.91 Å². The number of nitrogens with two attached hydrogens (primary N) is 1. The molecule has 2 aliphatic carbocycles. The second-order valence-electron chi connectivity index (χ2n) is 11.1. The minimum Gasteiger partial charge on any atom is -0.490 e. The number of para-hydroxylation sites is 1. The number of aromatic nitrogens is 2. The van der Waals surface area contributed by atoms with E-state index in [0.717, 1.165) is 103 Å². The van der Waals surface area contributed by atoms with Gasteiger partial charge in [0.25, 0.3) is 0 Å². The van der Waals surface area contributed by atoms with Crippen LogP contribution in [-0.2, 0) is 16.0 Å². The van der Waals surface area contributed by atoms with Gasteiger partial charge in [-0.25, -0.2) is 4.98 Å². The molecular weight excluding hydrogens is 510 g/mol. The fourth-order valence-electron chi connectivity index (χ4n) is 6.73. The highest BCUT2D eigenvalue weighted by Gasteiger charge is 2.33. The number of benzene rings is 1. The molecule has 9 heteroatoms. The Morgan fingerprint density at radius 3 is 2.77 bits per heavy atom. The molecule has 2 fully saturated rings. The molecule has 204 valence electrons. The molecule has 4 aromatic rings. The van der Waals surface area contributed by atoms with Crippen LogP contribution in [0.1, 0.15) is 54.9 Å². The van der Waals surface area contributed by atoms with Crippen molar-refractivity contribution in [2.45, 2.75) is 63.0 Å². The molecule has 8 nitrogen and oxygen atoms in total. The number of rotatable bonds is 7. The highest BCUT2D eigenvalue weighted by atomic mass is 32.1. The van der Waals surface area contributed by atoms with Crippen LogP contribution in [0.2, 0.25) is 0 Å². The maximum atomic E-state index is 11.9. The summed E-state index contributed by atoms with van der Waals surface area (Å²) in [5.41, 5.74) is 7.95. The van der Waals surface area contributed by atoms with Crippen molar-refractivity contribution in [2.24, 2.45) is 5.73 Å². The summed E-state index contributed by atoms with van der Waals surface area (Å²) in [5, 5.41) is 5.72. The zero-order valence-corrected chi connectivity index (χ0v) is 22.9. The third-order valence-electron chi connectivity index (χ3n) is 8.61. The Morgan fingerprint density at radius 1 is 1.15 bits per heavy atom. The Labute approximate surface area is 231 Å². The molecule has 0 radical (unpaired) electrons. The number of pyridine rings is 1. The number of carbonyl (C=O) groups is 1. The standard InChI is InChI=1S/C30H35N5O3S/c31-25(36)15-19-5-10-24-28(19)29-23(38-21-8-6-20(7-9-21)35-11-13-37-14-12-35)17-27(34-30(29)39-24)33-26-16-18-3-1-2-4-22(18)32-26/h1-4,16-17,19-21,32H,5-15H2,(H2,31,36)(H,33,34)/t19-,20-,21-/m1/s1. The lowest BCUT2D eigenvalue weighted by Gasteiger charge is -2.38. The van der Waals surface area contributed by atoms with Crippen LogP contribution < -0.4 is 15.8 Å². The molecule has 4 heterocycles. The van der Waals surface area contributed by atoms with Gasteiger partial charge in [0, 0.05) is 47.4 Å². The second kappa shape index (κ2) is 10.4. The molecule has 0 unspecified atom stereocenters. The van der Waals surface area contributed by atoms with Crippen molar-refractivity contribution in [3.8, 4) is 5.75 Å². The Morgan fingerprint density at radius 2 is 1.97 bits per heavy atom. The van der Waals surface area contributed by atoms with Gasteiger partial charge in [-0.2, -0.15) is 0 Å². The molecule has 3 aliphatic rings. The molecule has 1 aliphatic heterocycles. The number of morpholine rings is 1. The summed E-state index contributed by atoms with van der Waals surface area (Å²) in [6.07, 6.45) is 6.82. The number of hydrogen-bond donors (Lipinski definition) is 3. The summed E-state index contributed by atoms with van der Waals surface area (Å²) >= 11 is 1.73. The van der Waals surface area contributed by atoms with Gasteiger partial charge in [-0.3, -0.25) is 9.69 Å². The number of H-pyrrole nitrogens is 1. The summed E-state index contributed by atoms with van der Waals surface area (Å²) in [6, 6.07) is 13.0. The zero-order valence-electron chi connectivity index (χ0n) is 22.1. The van der Waals surface area contributed by atoms with Gasteiger partial charge in [0.05, 0.1) is 24.7 Å². The first-order chi connectivity index (χ1) is 19.1. The lowest BCUT2D eigenvalue weighted by Crippen LogP contribution is -2.46. The second-order valence-corrected chi connectivity index (χ2v) is 12.2. The number of primary amides is 1. The lowest BCUT2D eigenvalue weighted by molar-refractivity contribution is -0.118. The minimum absolute atomic E-state index is 0.139. The van der Waals surface area contributed by atoms with Crippen LogP contribution >= 0.6 is 11.3 Å². The van der Waals surface area contributed by atoms with Gasteiger partial charge in [0.15, 0.2) is 0 Å². The number of nitrogens with zero attached hydrogens (tertiary/aromatic N) is 2. The monoisotopic (exact) mass is 545 g/mol. The Hall–Kier alpha value is -3.14. The highest BCUT2D eigenvalue weighted by molar-refractivity contribution is 7.19. The molecule has 1 amide bonds. The van der Waals surface area contributed by atoms with Crippen LogP contribution in [0.4, 0.5) is 11.6 Å².